The van der Waals surface area contributed by atoms with Gasteiger partial charge < -0.3 is 16.2 Å². The fraction of sp³-hybridized carbons (Fsp3) is 0. The van der Waals surface area contributed by atoms with Crippen molar-refractivity contribution in [3.63, 3.8) is 0 Å². The molecule has 6 nitrogen and oxygen atoms in total. The Kier molecular flexibility index (Phi) is 4.99. The van der Waals surface area contributed by atoms with Crippen LogP contribution in [0.15, 0.2) is 72.8 Å². The minimum Gasteiger partial charge on any atom is -0.478 e. The van der Waals surface area contributed by atoms with Crippen LogP contribution in [0.2, 0.25) is 0 Å². The summed E-state index contributed by atoms with van der Waals surface area (Å²) in [5, 5.41) is 19.5. The summed E-state index contributed by atoms with van der Waals surface area (Å²) in [5.41, 5.74) is 8.33. The van der Waals surface area contributed by atoms with Crippen molar-refractivity contribution in [3.8, 4) is 11.1 Å². The minimum absolute atomic E-state index is 0.0438. The molecule has 0 aliphatic carbocycles. The van der Waals surface area contributed by atoms with E-state index >= 15 is 0 Å². The number of nitrogens with two attached hydrogens (primary N) is 1. The molecular weight excluding hydrogens is 342 g/mol. The van der Waals surface area contributed by atoms with Crippen LogP contribution in [0.3, 0.4) is 0 Å². The average molecular weight is 359 g/mol. The molecular formula is C21H17N3O3. The number of benzene rings is 3. The van der Waals surface area contributed by atoms with Crippen molar-refractivity contribution >= 4 is 23.4 Å². The number of hydrogen-bond acceptors (Lipinski definition) is 3. The predicted octanol–water partition coefficient (Wildman–Crippen LogP) is 3.59. The van der Waals surface area contributed by atoms with Gasteiger partial charge >= 0.3 is 5.97 Å². The van der Waals surface area contributed by atoms with E-state index in [0.717, 1.165) is 0 Å². The molecule has 6 heteroatoms. The van der Waals surface area contributed by atoms with Crippen LogP contribution in [-0.4, -0.2) is 22.8 Å². The quantitative estimate of drug-likeness (QED) is 0.411. The van der Waals surface area contributed by atoms with E-state index in [2.05, 4.69) is 5.32 Å². The number of rotatable bonds is 5. The largest absolute Gasteiger partial charge is 0.478 e. The topological polar surface area (TPSA) is 116 Å². The van der Waals surface area contributed by atoms with Gasteiger partial charge in [-0.25, -0.2) is 4.79 Å². The fourth-order valence-corrected chi connectivity index (χ4v) is 2.69. The highest BCUT2D eigenvalue weighted by Crippen LogP contribution is 2.25. The first-order valence-corrected chi connectivity index (χ1v) is 8.14. The Morgan fingerprint density at radius 1 is 0.889 bits per heavy atom. The number of anilines is 1. The van der Waals surface area contributed by atoms with Gasteiger partial charge in [-0.05, 0) is 53.6 Å². The summed E-state index contributed by atoms with van der Waals surface area (Å²) in [6, 6.07) is 20.1. The summed E-state index contributed by atoms with van der Waals surface area (Å²) in [6.07, 6.45) is 0. The van der Waals surface area contributed by atoms with E-state index in [1.165, 1.54) is 6.07 Å². The number of amidine groups is 1. The van der Waals surface area contributed by atoms with E-state index in [4.69, 9.17) is 11.1 Å². The van der Waals surface area contributed by atoms with Gasteiger partial charge in [-0.2, -0.15) is 0 Å². The van der Waals surface area contributed by atoms with Gasteiger partial charge in [-0.15, -0.1) is 0 Å². The zero-order valence-corrected chi connectivity index (χ0v) is 14.3. The van der Waals surface area contributed by atoms with E-state index in [1.54, 1.807) is 66.7 Å². The number of amides is 1. The number of carboxylic acid groups (broad SMARTS) is 1. The van der Waals surface area contributed by atoms with Crippen molar-refractivity contribution in [3.05, 3.63) is 89.5 Å². The van der Waals surface area contributed by atoms with Crippen LogP contribution >= 0.6 is 0 Å². The van der Waals surface area contributed by atoms with Crippen molar-refractivity contribution in [1.82, 2.24) is 0 Å². The molecule has 0 unspecified atom stereocenters. The van der Waals surface area contributed by atoms with Crippen molar-refractivity contribution in [1.29, 1.82) is 5.41 Å². The number of nitrogens with one attached hydrogen (secondary N) is 2. The maximum Gasteiger partial charge on any atom is 0.336 e. The first-order chi connectivity index (χ1) is 13.0. The van der Waals surface area contributed by atoms with E-state index < -0.39 is 5.97 Å². The van der Waals surface area contributed by atoms with Gasteiger partial charge in [0.05, 0.1) is 5.56 Å². The number of carbonyl (C=O) groups excluding carboxylic acids is 1. The Morgan fingerprint density at radius 2 is 1.59 bits per heavy atom. The molecule has 0 saturated carbocycles. The van der Waals surface area contributed by atoms with Gasteiger partial charge in [-0.3, -0.25) is 10.2 Å². The second-order valence-electron chi connectivity index (χ2n) is 5.88. The first-order valence-electron chi connectivity index (χ1n) is 8.14. The third kappa shape index (κ3) is 4.01. The average Bonchev–Trinajstić information content (AvgIpc) is 2.68. The molecule has 0 aliphatic heterocycles. The second kappa shape index (κ2) is 7.53. The van der Waals surface area contributed by atoms with Crippen LogP contribution in [0.4, 0.5) is 5.69 Å². The highest BCUT2D eigenvalue weighted by atomic mass is 16.4. The summed E-state index contributed by atoms with van der Waals surface area (Å²) in [5.74, 6) is -1.39. The third-order valence-corrected chi connectivity index (χ3v) is 4.05. The molecule has 0 spiro atoms. The van der Waals surface area contributed by atoms with E-state index in [0.29, 0.717) is 27.9 Å². The van der Waals surface area contributed by atoms with Gasteiger partial charge in [-0.1, -0.05) is 30.3 Å². The van der Waals surface area contributed by atoms with Crippen LogP contribution in [0, 0.1) is 5.41 Å². The van der Waals surface area contributed by atoms with Crippen LogP contribution in [0.1, 0.15) is 26.3 Å². The lowest BCUT2D eigenvalue weighted by molar-refractivity contribution is 0.0697. The van der Waals surface area contributed by atoms with Crippen LogP contribution < -0.4 is 11.1 Å². The highest BCUT2D eigenvalue weighted by Gasteiger charge is 2.13. The number of hydrogen-bond donors (Lipinski definition) is 4. The van der Waals surface area contributed by atoms with Crippen LogP contribution in [-0.2, 0) is 0 Å². The molecule has 0 aromatic heterocycles. The maximum atomic E-state index is 12.5. The van der Waals surface area contributed by atoms with Gasteiger partial charge in [0, 0.05) is 16.8 Å². The molecule has 3 aromatic carbocycles. The van der Waals surface area contributed by atoms with Crippen LogP contribution in [0.25, 0.3) is 11.1 Å². The molecule has 1 amide bonds. The standard InChI is InChI=1S/C21H17N3O3/c22-19(23)13-8-10-16(11-9-13)24-20(25)15-5-3-4-14(12-15)17-6-1-2-7-18(17)21(26)27/h1-12H,(H3,22,23)(H,24,25)(H,26,27). The number of carboxylic acids is 1. The number of nitrogen functional groups attached to an aromatic ring is 1. The molecule has 0 heterocycles. The van der Waals surface area contributed by atoms with Crippen molar-refractivity contribution in [2.75, 3.05) is 5.32 Å². The highest BCUT2D eigenvalue weighted by molar-refractivity contribution is 6.06. The maximum absolute atomic E-state index is 12.5. The monoisotopic (exact) mass is 359 g/mol. The van der Waals surface area contributed by atoms with Crippen molar-refractivity contribution in [2.45, 2.75) is 0 Å². The zero-order chi connectivity index (χ0) is 19.4. The van der Waals surface area contributed by atoms with E-state index in [-0.39, 0.29) is 17.3 Å². The lowest BCUT2D eigenvalue weighted by Gasteiger charge is -2.09. The van der Waals surface area contributed by atoms with E-state index in [1.807, 2.05) is 0 Å². The molecule has 0 saturated heterocycles. The number of aromatic carboxylic acids is 1. The molecule has 0 bridgehead atoms. The summed E-state index contributed by atoms with van der Waals surface area (Å²) in [4.78, 5) is 24.0. The fourth-order valence-electron chi connectivity index (χ4n) is 2.69. The zero-order valence-electron chi connectivity index (χ0n) is 14.3. The molecule has 134 valence electrons. The van der Waals surface area contributed by atoms with Gasteiger partial charge in [0.25, 0.3) is 5.91 Å². The van der Waals surface area contributed by atoms with Crippen molar-refractivity contribution < 1.29 is 14.7 Å². The molecule has 0 aliphatic rings. The Balaban J connectivity index is 1.86. The molecule has 3 rings (SSSR count). The van der Waals surface area contributed by atoms with E-state index in [9.17, 15) is 14.7 Å². The molecule has 3 aromatic rings. The normalized spacial score (nSPS) is 10.2. The Labute approximate surface area is 155 Å². The smallest absolute Gasteiger partial charge is 0.336 e. The summed E-state index contributed by atoms with van der Waals surface area (Å²) < 4.78 is 0. The number of carbonyl (C=O) groups is 2. The summed E-state index contributed by atoms with van der Waals surface area (Å²) in [6.45, 7) is 0. The molecule has 0 fully saturated rings. The minimum atomic E-state index is -1.02. The Hall–Kier alpha value is -3.93. The first kappa shape index (κ1) is 17.9. The summed E-state index contributed by atoms with van der Waals surface area (Å²) in [7, 11) is 0. The lowest BCUT2D eigenvalue weighted by atomic mass is 9.98. The van der Waals surface area contributed by atoms with Crippen LogP contribution in [0.5, 0.6) is 0 Å². The van der Waals surface area contributed by atoms with Gasteiger partial charge in [0.1, 0.15) is 5.84 Å². The van der Waals surface area contributed by atoms with Crippen molar-refractivity contribution in [2.24, 2.45) is 5.73 Å². The third-order valence-electron chi connectivity index (χ3n) is 4.05. The van der Waals surface area contributed by atoms with Gasteiger partial charge in [0.15, 0.2) is 0 Å². The molecule has 0 radical (unpaired) electrons. The Bertz CT molecular complexity index is 1030. The molecule has 5 N–H and O–H groups in total. The molecule has 0 atom stereocenters. The Morgan fingerprint density at radius 3 is 2.26 bits per heavy atom. The summed E-state index contributed by atoms with van der Waals surface area (Å²) >= 11 is 0. The van der Waals surface area contributed by atoms with Gasteiger partial charge in [0.2, 0.25) is 0 Å². The molecule has 27 heavy (non-hydrogen) atoms. The lowest BCUT2D eigenvalue weighted by Crippen LogP contribution is -2.13. The second-order valence-corrected chi connectivity index (χ2v) is 5.88. The predicted molar refractivity (Wildman–Crippen MR) is 104 cm³/mol. The SMILES string of the molecule is N=C(N)c1ccc(NC(=O)c2cccc(-c3ccccc3C(=O)O)c2)cc1.